The molecule has 2 aliphatic heterocycles. The van der Waals surface area contributed by atoms with Crippen LogP contribution < -0.4 is 5.73 Å². The zero-order valence-electron chi connectivity index (χ0n) is 14.2. The predicted octanol–water partition coefficient (Wildman–Crippen LogP) is 2.01. The zero-order valence-corrected chi connectivity index (χ0v) is 15.0. The Balaban J connectivity index is 1.97. The van der Waals surface area contributed by atoms with Gasteiger partial charge in [0.05, 0.1) is 22.2 Å². The van der Waals surface area contributed by atoms with Gasteiger partial charge in [0.1, 0.15) is 0 Å². The van der Waals surface area contributed by atoms with Crippen LogP contribution in [0.15, 0.2) is 0 Å². The van der Waals surface area contributed by atoms with Crippen molar-refractivity contribution in [2.24, 2.45) is 5.73 Å². The summed E-state index contributed by atoms with van der Waals surface area (Å²) in [5.74, 6) is 0. The molecular weight excluding hydrogens is 282 g/mol. The summed E-state index contributed by atoms with van der Waals surface area (Å²) < 4.78 is 6.24. The molecule has 2 saturated heterocycles. The molecule has 0 bridgehead atoms. The van der Waals surface area contributed by atoms with Crippen molar-refractivity contribution >= 4 is 17.2 Å². The van der Waals surface area contributed by atoms with Crippen molar-refractivity contribution in [2.75, 3.05) is 26.2 Å². The summed E-state index contributed by atoms with van der Waals surface area (Å²) in [4.78, 5) is 5.67. The molecule has 5 heteroatoms. The highest BCUT2D eigenvalue weighted by atomic mass is 32.1. The standard InChI is InChI=1S/C16H31N3OS/c1-6-12(14(17)21)18-7-9-19(10-8-18)13-11-15(2,3)20-16(13,4)5/h12-13H,6-11H2,1-5H3,(H2,17,21). The van der Waals surface area contributed by atoms with Gasteiger partial charge in [-0.15, -0.1) is 0 Å². The van der Waals surface area contributed by atoms with E-state index in [1.807, 2.05) is 0 Å². The molecule has 2 rings (SSSR count). The molecule has 0 aromatic carbocycles. The summed E-state index contributed by atoms with van der Waals surface area (Å²) in [5, 5.41) is 0. The zero-order chi connectivity index (χ0) is 15.8. The third kappa shape index (κ3) is 3.76. The van der Waals surface area contributed by atoms with Gasteiger partial charge in [-0.05, 0) is 40.5 Å². The molecule has 0 spiro atoms. The van der Waals surface area contributed by atoms with Crippen LogP contribution in [0, 0.1) is 0 Å². The highest BCUT2D eigenvalue weighted by Crippen LogP contribution is 2.40. The summed E-state index contributed by atoms with van der Waals surface area (Å²) in [6, 6.07) is 0.756. The fourth-order valence-electron chi connectivity index (χ4n) is 4.10. The van der Waals surface area contributed by atoms with Crippen LogP contribution in [0.5, 0.6) is 0 Å². The van der Waals surface area contributed by atoms with E-state index in [1.54, 1.807) is 0 Å². The Morgan fingerprint density at radius 1 is 1.24 bits per heavy atom. The topological polar surface area (TPSA) is 41.7 Å². The van der Waals surface area contributed by atoms with Crippen molar-refractivity contribution in [1.82, 2.24) is 9.80 Å². The second kappa shape index (κ2) is 6.11. The second-order valence-electron chi connectivity index (χ2n) is 7.58. The highest BCUT2D eigenvalue weighted by Gasteiger charge is 2.48. The van der Waals surface area contributed by atoms with Crippen molar-refractivity contribution in [3.05, 3.63) is 0 Å². The smallest absolute Gasteiger partial charge is 0.0901 e. The molecule has 0 radical (unpaired) electrons. The normalized spacial score (nSPS) is 31.2. The fourth-order valence-corrected chi connectivity index (χ4v) is 4.42. The molecule has 2 N–H and O–H groups in total. The van der Waals surface area contributed by atoms with E-state index in [0.29, 0.717) is 11.0 Å². The van der Waals surface area contributed by atoms with Crippen LogP contribution in [-0.4, -0.2) is 64.3 Å². The summed E-state index contributed by atoms with van der Waals surface area (Å²) in [6.07, 6.45) is 2.10. The summed E-state index contributed by atoms with van der Waals surface area (Å²) in [5.41, 5.74) is 5.78. The van der Waals surface area contributed by atoms with Crippen LogP contribution in [0.1, 0.15) is 47.5 Å². The minimum atomic E-state index is -0.0704. The largest absolute Gasteiger partial charge is 0.392 e. The molecule has 2 atom stereocenters. The van der Waals surface area contributed by atoms with Gasteiger partial charge in [-0.2, -0.15) is 0 Å². The van der Waals surface area contributed by atoms with E-state index in [4.69, 9.17) is 22.7 Å². The van der Waals surface area contributed by atoms with Crippen molar-refractivity contribution in [3.8, 4) is 0 Å². The molecule has 2 unspecified atom stereocenters. The SMILES string of the molecule is CCC(C(N)=S)N1CCN(C2CC(C)(C)OC2(C)C)CC1. The molecule has 0 aliphatic carbocycles. The average molecular weight is 314 g/mol. The maximum absolute atomic E-state index is 6.24. The Morgan fingerprint density at radius 2 is 1.81 bits per heavy atom. The Morgan fingerprint density at radius 3 is 2.19 bits per heavy atom. The Kier molecular flexibility index (Phi) is 4.98. The number of nitrogens with zero attached hydrogens (tertiary/aromatic N) is 2. The van der Waals surface area contributed by atoms with E-state index >= 15 is 0 Å². The van der Waals surface area contributed by atoms with E-state index < -0.39 is 0 Å². The number of ether oxygens (including phenoxy) is 1. The number of nitrogens with two attached hydrogens (primary N) is 1. The van der Waals surface area contributed by atoms with Gasteiger partial charge in [-0.3, -0.25) is 9.80 Å². The van der Waals surface area contributed by atoms with Gasteiger partial charge in [0.15, 0.2) is 0 Å². The lowest BCUT2D eigenvalue weighted by Crippen LogP contribution is -2.58. The third-order valence-electron chi connectivity index (χ3n) is 4.97. The highest BCUT2D eigenvalue weighted by molar-refractivity contribution is 7.80. The van der Waals surface area contributed by atoms with Gasteiger partial charge in [0, 0.05) is 32.2 Å². The lowest BCUT2D eigenvalue weighted by Gasteiger charge is -2.43. The number of hydrogen-bond acceptors (Lipinski definition) is 4. The molecule has 2 heterocycles. The van der Waals surface area contributed by atoms with E-state index in [9.17, 15) is 0 Å². The van der Waals surface area contributed by atoms with E-state index in [2.05, 4.69) is 44.4 Å². The Labute approximate surface area is 135 Å². The number of hydrogen-bond donors (Lipinski definition) is 1. The van der Waals surface area contributed by atoms with Crippen LogP contribution >= 0.6 is 12.2 Å². The van der Waals surface area contributed by atoms with Crippen molar-refractivity contribution in [2.45, 2.75) is 70.7 Å². The van der Waals surface area contributed by atoms with Crippen LogP contribution in [0.3, 0.4) is 0 Å². The Hall–Kier alpha value is -0.230. The summed E-state index contributed by atoms with van der Waals surface area (Å²) in [7, 11) is 0. The van der Waals surface area contributed by atoms with Crippen molar-refractivity contribution < 1.29 is 4.74 Å². The lowest BCUT2D eigenvalue weighted by molar-refractivity contribution is -0.0838. The van der Waals surface area contributed by atoms with E-state index in [1.165, 1.54) is 0 Å². The van der Waals surface area contributed by atoms with E-state index in [0.717, 1.165) is 39.0 Å². The van der Waals surface area contributed by atoms with Crippen LogP contribution in [-0.2, 0) is 4.74 Å². The molecule has 21 heavy (non-hydrogen) atoms. The summed E-state index contributed by atoms with van der Waals surface area (Å²) in [6.45, 7) is 15.2. The van der Waals surface area contributed by atoms with Crippen LogP contribution in [0.4, 0.5) is 0 Å². The third-order valence-corrected chi connectivity index (χ3v) is 5.24. The fraction of sp³-hybridized carbons (Fsp3) is 0.938. The van der Waals surface area contributed by atoms with Gasteiger partial charge in [0.25, 0.3) is 0 Å². The molecule has 0 amide bonds. The van der Waals surface area contributed by atoms with Gasteiger partial charge in [-0.25, -0.2) is 0 Å². The van der Waals surface area contributed by atoms with Crippen LogP contribution in [0.25, 0.3) is 0 Å². The number of thiocarbonyl (C=S) groups is 1. The first kappa shape index (κ1) is 17.1. The van der Waals surface area contributed by atoms with Crippen molar-refractivity contribution in [3.63, 3.8) is 0 Å². The van der Waals surface area contributed by atoms with Crippen molar-refractivity contribution in [1.29, 1.82) is 0 Å². The van der Waals surface area contributed by atoms with Gasteiger partial charge >= 0.3 is 0 Å². The molecule has 0 aromatic rings. The molecule has 4 nitrogen and oxygen atoms in total. The minimum absolute atomic E-state index is 0.0178. The van der Waals surface area contributed by atoms with Gasteiger partial charge < -0.3 is 10.5 Å². The molecule has 2 fully saturated rings. The first-order chi connectivity index (χ1) is 9.66. The molecule has 0 aromatic heterocycles. The van der Waals surface area contributed by atoms with Crippen LogP contribution in [0.2, 0.25) is 0 Å². The van der Waals surface area contributed by atoms with E-state index in [-0.39, 0.29) is 17.2 Å². The first-order valence-electron chi connectivity index (χ1n) is 8.14. The molecular formula is C16H31N3OS. The molecule has 0 saturated carbocycles. The molecule has 2 aliphatic rings. The molecule has 122 valence electrons. The quantitative estimate of drug-likeness (QED) is 0.804. The predicted molar refractivity (Wildman–Crippen MR) is 91.7 cm³/mol. The summed E-state index contributed by atoms with van der Waals surface area (Å²) >= 11 is 5.20. The maximum Gasteiger partial charge on any atom is 0.0901 e. The lowest BCUT2D eigenvalue weighted by atomic mass is 9.92. The van der Waals surface area contributed by atoms with Gasteiger partial charge in [0.2, 0.25) is 0 Å². The first-order valence-corrected chi connectivity index (χ1v) is 8.55. The second-order valence-corrected chi connectivity index (χ2v) is 8.05. The van der Waals surface area contributed by atoms with Gasteiger partial charge in [-0.1, -0.05) is 19.1 Å². The average Bonchev–Trinajstić information content (AvgIpc) is 2.58. The monoisotopic (exact) mass is 313 g/mol. The minimum Gasteiger partial charge on any atom is -0.392 e. The number of rotatable bonds is 4. The number of piperazine rings is 1. The maximum atomic E-state index is 6.24. The Bertz CT molecular complexity index is 389.